The van der Waals surface area contributed by atoms with Gasteiger partial charge in [-0.3, -0.25) is 4.79 Å². The maximum atomic E-state index is 12.5. The van der Waals surface area contributed by atoms with E-state index >= 15 is 0 Å². The molecule has 5 heteroatoms. The van der Waals surface area contributed by atoms with Gasteiger partial charge in [-0.25, -0.2) is 0 Å². The minimum Gasteiger partial charge on any atom is -0.339 e. The van der Waals surface area contributed by atoms with E-state index in [2.05, 4.69) is 16.2 Å². The van der Waals surface area contributed by atoms with Crippen LogP contribution in [0.3, 0.4) is 0 Å². The number of aryl methyl sites for hydroxylation is 3. The minimum atomic E-state index is -0.0741. The highest BCUT2D eigenvalue weighted by molar-refractivity contribution is 5.96. The zero-order valence-electron chi connectivity index (χ0n) is 15.2. The lowest BCUT2D eigenvalue weighted by Crippen LogP contribution is -2.24. The first-order chi connectivity index (χ1) is 12.5. The molecule has 132 valence electrons. The SMILES string of the molecule is Cc1ccc(-c2noc(C3CC(=O)N(c4cc(C)cc(C)c4)C3)n2)cc1. The van der Waals surface area contributed by atoms with Gasteiger partial charge >= 0.3 is 0 Å². The summed E-state index contributed by atoms with van der Waals surface area (Å²) in [6.07, 6.45) is 0.391. The van der Waals surface area contributed by atoms with Crippen LogP contribution in [0.4, 0.5) is 5.69 Å². The number of benzene rings is 2. The van der Waals surface area contributed by atoms with Crippen molar-refractivity contribution < 1.29 is 9.32 Å². The summed E-state index contributed by atoms with van der Waals surface area (Å²) in [5, 5.41) is 4.10. The monoisotopic (exact) mass is 347 g/mol. The van der Waals surface area contributed by atoms with Crippen LogP contribution in [0.25, 0.3) is 11.4 Å². The molecular weight excluding hydrogens is 326 g/mol. The molecular formula is C21H21N3O2. The van der Waals surface area contributed by atoms with Crippen molar-refractivity contribution in [1.29, 1.82) is 0 Å². The first-order valence-electron chi connectivity index (χ1n) is 8.79. The third-order valence-electron chi connectivity index (χ3n) is 4.74. The first-order valence-corrected chi connectivity index (χ1v) is 8.79. The van der Waals surface area contributed by atoms with Crippen molar-refractivity contribution in [2.75, 3.05) is 11.4 Å². The maximum absolute atomic E-state index is 12.5. The molecule has 1 unspecified atom stereocenters. The van der Waals surface area contributed by atoms with Crippen molar-refractivity contribution in [1.82, 2.24) is 10.1 Å². The smallest absolute Gasteiger partial charge is 0.232 e. The topological polar surface area (TPSA) is 59.2 Å². The quantitative estimate of drug-likeness (QED) is 0.713. The van der Waals surface area contributed by atoms with E-state index < -0.39 is 0 Å². The Kier molecular flexibility index (Phi) is 4.07. The molecule has 0 radical (unpaired) electrons. The van der Waals surface area contributed by atoms with Gasteiger partial charge in [-0.15, -0.1) is 0 Å². The van der Waals surface area contributed by atoms with Gasteiger partial charge < -0.3 is 9.42 Å². The van der Waals surface area contributed by atoms with Crippen molar-refractivity contribution in [3.63, 3.8) is 0 Å². The van der Waals surface area contributed by atoms with Gasteiger partial charge in [-0.1, -0.05) is 41.1 Å². The molecule has 1 fully saturated rings. The lowest BCUT2D eigenvalue weighted by Gasteiger charge is -2.17. The summed E-state index contributed by atoms with van der Waals surface area (Å²) in [6, 6.07) is 14.2. The zero-order chi connectivity index (χ0) is 18.3. The molecule has 3 aromatic rings. The second kappa shape index (κ2) is 6.41. The standard InChI is InChI=1S/C21H21N3O2/c1-13-4-6-16(7-5-13)20-22-21(26-23-20)17-11-19(25)24(12-17)18-9-14(2)8-15(3)10-18/h4-10,17H,11-12H2,1-3H3. The van der Waals surface area contributed by atoms with Crippen LogP contribution in [0.2, 0.25) is 0 Å². The molecule has 1 saturated heterocycles. The summed E-state index contributed by atoms with van der Waals surface area (Å²) in [7, 11) is 0. The summed E-state index contributed by atoms with van der Waals surface area (Å²) >= 11 is 0. The molecule has 2 heterocycles. The second-order valence-electron chi connectivity index (χ2n) is 7.07. The Hall–Kier alpha value is -2.95. The molecule has 1 aromatic heterocycles. The third-order valence-corrected chi connectivity index (χ3v) is 4.74. The number of amides is 1. The molecule has 0 N–H and O–H groups in total. The average Bonchev–Trinajstić information content (AvgIpc) is 3.21. The number of anilines is 1. The minimum absolute atomic E-state index is 0.0741. The van der Waals surface area contributed by atoms with Gasteiger partial charge in [-0.2, -0.15) is 4.98 Å². The Labute approximate surface area is 152 Å². The molecule has 4 rings (SSSR count). The van der Waals surface area contributed by atoms with Crippen LogP contribution in [0, 0.1) is 20.8 Å². The van der Waals surface area contributed by atoms with Crippen molar-refractivity contribution in [2.24, 2.45) is 0 Å². The number of rotatable bonds is 3. The number of carbonyl (C=O) groups is 1. The highest BCUT2D eigenvalue weighted by Crippen LogP contribution is 2.32. The lowest BCUT2D eigenvalue weighted by molar-refractivity contribution is -0.117. The van der Waals surface area contributed by atoms with E-state index in [1.54, 1.807) is 0 Å². The average molecular weight is 347 g/mol. The Morgan fingerprint density at radius 1 is 1.00 bits per heavy atom. The lowest BCUT2D eigenvalue weighted by atomic mass is 10.1. The number of nitrogens with zero attached hydrogens (tertiary/aromatic N) is 3. The highest BCUT2D eigenvalue weighted by Gasteiger charge is 2.35. The van der Waals surface area contributed by atoms with Crippen molar-refractivity contribution in [3.05, 3.63) is 65.0 Å². The number of hydrogen-bond acceptors (Lipinski definition) is 4. The van der Waals surface area contributed by atoms with E-state index in [-0.39, 0.29) is 11.8 Å². The predicted octanol–water partition coefficient (Wildman–Crippen LogP) is 4.18. The Morgan fingerprint density at radius 2 is 1.69 bits per heavy atom. The predicted molar refractivity (Wildman–Crippen MR) is 100 cm³/mol. The van der Waals surface area contributed by atoms with Crippen LogP contribution in [0.1, 0.15) is 34.9 Å². The summed E-state index contributed by atoms with van der Waals surface area (Å²) < 4.78 is 5.47. The molecule has 2 aromatic carbocycles. The fraction of sp³-hybridized carbons (Fsp3) is 0.286. The second-order valence-corrected chi connectivity index (χ2v) is 7.07. The molecule has 1 aliphatic heterocycles. The third kappa shape index (κ3) is 3.12. The maximum Gasteiger partial charge on any atom is 0.232 e. The van der Waals surface area contributed by atoms with Gasteiger partial charge in [-0.05, 0) is 44.0 Å². The molecule has 1 amide bonds. The molecule has 5 nitrogen and oxygen atoms in total. The van der Waals surface area contributed by atoms with Crippen LogP contribution in [0.15, 0.2) is 47.0 Å². The first kappa shape index (κ1) is 16.5. The highest BCUT2D eigenvalue weighted by atomic mass is 16.5. The van der Waals surface area contributed by atoms with Gasteiger partial charge in [0.2, 0.25) is 17.6 Å². The Morgan fingerprint density at radius 3 is 2.38 bits per heavy atom. The molecule has 1 aliphatic rings. The summed E-state index contributed by atoms with van der Waals surface area (Å²) in [5.74, 6) is 1.11. The largest absolute Gasteiger partial charge is 0.339 e. The molecule has 26 heavy (non-hydrogen) atoms. The van der Waals surface area contributed by atoms with Gasteiger partial charge in [0, 0.05) is 24.2 Å². The van der Waals surface area contributed by atoms with Gasteiger partial charge in [0.1, 0.15) is 0 Å². The zero-order valence-corrected chi connectivity index (χ0v) is 15.2. The van der Waals surface area contributed by atoms with Gasteiger partial charge in [0.25, 0.3) is 0 Å². The van der Waals surface area contributed by atoms with Gasteiger partial charge in [0.15, 0.2) is 0 Å². The van der Waals surface area contributed by atoms with E-state index in [9.17, 15) is 4.79 Å². The Balaban J connectivity index is 1.56. The van der Waals surface area contributed by atoms with Crippen LogP contribution in [-0.4, -0.2) is 22.6 Å². The van der Waals surface area contributed by atoms with Crippen LogP contribution >= 0.6 is 0 Å². The van der Waals surface area contributed by atoms with Crippen molar-refractivity contribution in [2.45, 2.75) is 33.1 Å². The van der Waals surface area contributed by atoms with E-state index in [4.69, 9.17) is 4.52 Å². The van der Waals surface area contributed by atoms with Crippen molar-refractivity contribution in [3.8, 4) is 11.4 Å². The molecule has 0 aliphatic carbocycles. The summed E-state index contributed by atoms with van der Waals surface area (Å²) in [6.45, 7) is 6.69. The molecule has 0 bridgehead atoms. The molecule has 0 saturated carbocycles. The van der Waals surface area contributed by atoms with E-state index in [0.29, 0.717) is 24.7 Å². The number of aromatic nitrogens is 2. The van der Waals surface area contributed by atoms with E-state index in [1.165, 1.54) is 5.56 Å². The number of carbonyl (C=O) groups excluding carboxylic acids is 1. The Bertz CT molecular complexity index is 939. The van der Waals surface area contributed by atoms with Crippen molar-refractivity contribution >= 4 is 11.6 Å². The van der Waals surface area contributed by atoms with Crippen LogP contribution in [-0.2, 0) is 4.79 Å². The summed E-state index contributed by atoms with van der Waals surface area (Å²) in [4.78, 5) is 18.9. The van der Waals surface area contributed by atoms with Crippen LogP contribution in [0.5, 0.6) is 0 Å². The normalized spacial score (nSPS) is 17.1. The molecule has 0 spiro atoms. The fourth-order valence-corrected chi connectivity index (χ4v) is 3.45. The number of hydrogen-bond donors (Lipinski definition) is 0. The van der Waals surface area contributed by atoms with E-state index in [0.717, 1.165) is 22.4 Å². The summed E-state index contributed by atoms with van der Waals surface area (Å²) in [5.41, 5.74) is 5.34. The van der Waals surface area contributed by atoms with E-state index in [1.807, 2.05) is 62.1 Å². The van der Waals surface area contributed by atoms with Gasteiger partial charge in [0.05, 0.1) is 5.92 Å². The van der Waals surface area contributed by atoms with Crippen LogP contribution < -0.4 is 4.90 Å². The molecule has 1 atom stereocenters. The fourth-order valence-electron chi connectivity index (χ4n) is 3.45.